The Balaban J connectivity index is -0.0000000200. The first-order chi connectivity index (χ1) is 1.41. The van der Waals surface area contributed by atoms with Crippen LogP contribution in [0.1, 0.15) is 0 Å². The maximum atomic E-state index is 2.75. The van der Waals surface area contributed by atoms with Crippen LogP contribution in [0.5, 0.6) is 0 Å². The van der Waals surface area contributed by atoms with Gasteiger partial charge in [-0.1, -0.05) is 0 Å². The third kappa shape index (κ3) is 158. The molecule has 0 aromatic heterocycles. The largest absolute Gasteiger partial charge is 0.412 e. The van der Waals surface area contributed by atoms with E-state index in [4.69, 9.17) is 0 Å². The van der Waals surface area contributed by atoms with Gasteiger partial charge < -0.3 is 10.8 Å². The van der Waals surface area contributed by atoms with E-state index in [0.29, 0.717) is 0 Å². The zero-order chi connectivity index (χ0) is 2.71. The lowest BCUT2D eigenvalue weighted by Crippen LogP contribution is -1.89. The smallest absolute Gasteiger partial charge is 0.0167 e. The van der Waals surface area contributed by atoms with Gasteiger partial charge in [0, 0.05) is 0 Å². The summed E-state index contributed by atoms with van der Waals surface area (Å²) in [6.45, 7) is 0. The summed E-state index contributed by atoms with van der Waals surface area (Å²) in [6, 6.07) is 0. The molecule has 0 aliphatic rings. The van der Waals surface area contributed by atoms with E-state index in [-0.39, 0.29) is 22.5 Å². The fourth-order valence-corrected chi connectivity index (χ4v) is 0. The van der Waals surface area contributed by atoms with Crippen molar-refractivity contribution in [3.8, 4) is 0 Å². The van der Waals surface area contributed by atoms with Crippen LogP contribution < -0.4 is 5.32 Å². The summed E-state index contributed by atoms with van der Waals surface area (Å²) in [7, 11) is 3.75. The van der Waals surface area contributed by atoms with Crippen LogP contribution in [0.15, 0.2) is 0 Å². The van der Waals surface area contributed by atoms with Crippen LogP contribution >= 0.6 is 17.0 Å². The highest BCUT2D eigenvalue weighted by Crippen LogP contribution is 0.981. The van der Waals surface area contributed by atoms with Crippen LogP contribution in [-0.2, 0) is 0 Å². The predicted molar refractivity (Wildman–Crippen MR) is 28.9 cm³/mol. The van der Waals surface area contributed by atoms with Crippen molar-refractivity contribution >= 4 is 17.0 Å². The summed E-state index contributed by atoms with van der Waals surface area (Å²) in [5.41, 5.74) is 0. The second-order valence-electron chi connectivity index (χ2n) is 0.500. The first-order valence-electron chi connectivity index (χ1n) is 1.00. The highest BCUT2D eigenvalue weighted by atomic mass is 79.9. The van der Waals surface area contributed by atoms with E-state index in [1.165, 1.54) is 0 Å². The summed E-state index contributed by atoms with van der Waals surface area (Å²) in [4.78, 5) is 0. The molecule has 0 radical (unpaired) electrons. The Hall–Kier alpha value is 0.400. The van der Waals surface area contributed by atoms with Crippen molar-refractivity contribution in [3.63, 3.8) is 0 Å². The van der Waals surface area contributed by atoms with Gasteiger partial charge in [0.15, 0.2) is 0 Å². The normalized spacial score (nSPS) is 3.60. The number of nitrogens with one attached hydrogen (secondary N) is 1. The summed E-state index contributed by atoms with van der Waals surface area (Å²) >= 11 is 0. The van der Waals surface area contributed by atoms with Crippen LogP contribution in [0, 0.1) is 0 Å². The molecule has 0 aromatic carbocycles. The van der Waals surface area contributed by atoms with E-state index in [1.807, 2.05) is 14.1 Å². The minimum absolute atomic E-state index is 0. The topological polar surface area (TPSA) is 43.5 Å². The van der Waals surface area contributed by atoms with Gasteiger partial charge in [-0.2, -0.15) is 0 Å². The third-order valence-electron chi connectivity index (χ3n) is 0. The van der Waals surface area contributed by atoms with Gasteiger partial charge in [0.1, 0.15) is 0 Å². The molecule has 3 heteroatoms. The molecule has 0 rings (SSSR count). The van der Waals surface area contributed by atoms with E-state index < -0.39 is 0 Å². The van der Waals surface area contributed by atoms with Crippen molar-refractivity contribution in [1.82, 2.24) is 5.32 Å². The molecule has 0 aliphatic heterocycles. The van der Waals surface area contributed by atoms with Gasteiger partial charge in [0.25, 0.3) is 0 Å². The van der Waals surface area contributed by atoms with Crippen LogP contribution in [0.25, 0.3) is 0 Å². The van der Waals surface area contributed by atoms with Crippen LogP contribution in [0.2, 0.25) is 0 Å². The fourth-order valence-electron chi connectivity index (χ4n) is 0. The first-order valence-corrected chi connectivity index (χ1v) is 1.00. The molecule has 0 saturated carbocycles. The van der Waals surface area contributed by atoms with Gasteiger partial charge in [0.2, 0.25) is 0 Å². The Labute approximate surface area is 42.6 Å². The van der Waals surface area contributed by atoms with Gasteiger partial charge in [-0.05, 0) is 14.1 Å². The number of rotatable bonds is 0. The molecule has 3 N–H and O–H groups in total. The number of halogens is 1. The quantitative estimate of drug-likeness (QED) is 0.493. The molecule has 36 valence electrons. The molecule has 0 fully saturated rings. The molecule has 0 heterocycles. The van der Waals surface area contributed by atoms with E-state index in [0.717, 1.165) is 0 Å². The van der Waals surface area contributed by atoms with E-state index in [2.05, 4.69) is 5.32 Å². The Bertz CT molecular complexity index is 9.61. The van der Waals surface area contributed by atoms with Crippen molar-refractivity contribution in [3.05, 3.63) is 0 Å². The van der Waals surface area contributed by atoms with Gasteiger partial charge in [-0.25, -0.2) is 0 Å². The van der Waals surface area contributed by atoms with Crippen molar-refractivity contribution in [1.29, 1.82) is 0 Å². The van der Waals surface area contributed by atoms with E-state index >= 15 is 0 Å². The molecular formula is C2H10BrNO. The van der Waals surface area contributed by atoms with Crippen molar-refractivity contribution in [2.24, 2.45) is 0 Å². The zero-order valence-corrected chi connectivity index (χ0v) is 5.12. The minimum atomic E-state index is 0. The molecule has 0 spiro atoms. The molecule has 0 saturated heterocycles. The average Bonchev–Trinajstić information content (AvgIpc) is 0.918. The maximum absolute atomic E-state index is 2.75. The highest BCUT2D eigenvalue weighted by Gasteiger charge is 1.25. The first kappa shape index (κ1) is 18.2. The molecule has 0 aromatic rings. The summed E-state index contributed by atoms with van der Waals surface area (Å²) in [5, 5.41) is 2.75. The Morgan fingerprint density at radius 3 is 1.20 bits per heavy atom. The van der Waals surface area contributed by atoms with Gasteiger partial charge in [0.05, 0.1) is 0 Å². The fraction of sp³-hybridized carbons (Fsp3) is 1.00. The van der Waals surface area contributed by atoms with Crippen LogP contribution in [-0.4, -0.2) is 19.6 Å². The Morgan fingerprint density at radius 1 is 1.20 bits per heavy atom. The summed E-state index contributed by atoms with van der Waals surface area (Å²) in [5.74, 6) is 0. The molecule has 2 nitrogen and oxygen atoms in total. The molecule has 0 aliphatic carbocycles. The SMILES string of the molecule is Br.CNC.O. The molecule has 0 bridgehead atoms. The zero-order valence-electron chi connectivity index (χ0n) is 3.41. The molecular weight excluding hydrogens is 134 g/mol. The lowest BCUT2D eigenvalue weighted by atomic mass is 11.3. The van der Waals surface area contributed by atoms with Crippen molar-refractivity contribution in [2.45, 2.75) is 0 Å². The predicted octanol–water partition coefficient (Wildman–Crippen LogP) is -0.411. The Morgan fingerprint density at radius 2 is 1.20 bits per heavy atom. The maximum Gasteiger partial charge on any atom is -0.0167 e. The Kier molecular flexibility index (Phi) is 94.2. The van der Waals surface area contributed by atoms with Gasteiger partial charge in [-0.15, -0.1) is 17.0 Å². The molecule has 0 amide bonds. The molecule has 0 atom stereocenters. The third-order valence-corrected chi connectivity index (χ3v) is 0. The monoisotopic (exact) mass is 143 g/mol. The molecule has 5 heavy (non-hydrogen) atoms. The lowest BCUT2D eigenvalue weighted by Gasteiger charge is -1.59. The summed E-state index contributed by atoms with van der Waals surface area (Å²) < 4.78 is 0. The second-order valence-corrected chi connectivity index (χ2v) is 0.500. The summed E-state index contributed by atoms with van der Waals surface area (Å²) in [6.07, 6.45) is 0. The lowest BCUT2D eigenvalue weighted by molar-refractivity contribution is 0.824. The van der Waals surface area contributed by atoms with Gasteiger partial charge >= 0.3 is 0 Å². The van der Waals surface area contributed by atoms with Crippen molar-refractivity contribution < 1.29 is 5.48 Å². The van der Waals surface area contributed by atoms with E-state index in [1.54, 1.807) is 0 Å². The van der Waals surface area contributed by atoms with Crippen LogP contribution in [0.4, 0.5) is 0 Å². The molecule has 0 unspecified atom stereocenters. The standard InChI is InChI=1S/C2H7N.BrH.H2O/c1-3-2;;/h3H,1-2H3;1H;1H2. The number of hydrogen-bond acceptors (Lipinski definition) is 1. The average molecular weight is 144 g/mol. The van der Waals surface area contributed by atoms with Gasteiger partial charge in [-0.3, -0.25) is 0 Å². The second kappa shape index (κ2) is 26.0. The van der Waals surface area contributed by atoms with Crippen LogP contribution in [0.3, 0.4) is 0 Å². The number of hydrogen-bond donors (Lipinski definition) is 1. The minimum Gasteiger partial charge on any atom is -0.412 e. The van der Waals surface area contributed by atoms with E-state index in [9.17, 15) is 0 Å². The highest BCUT2D eigenvalue weighted by molar-refractivity contribution is 8.93. The van der Waals surface area contributed by atoms with Crippen molar-refractivity contribution in [2.75, 3.05) is 14.1 Å².